The lowest BCUT2D eigenvalue weighted by Gasteiger charge is -2.39. The van der Waals surface area contributed by atoms with Crippen LogP contribution in [0.2, 0.25) is 0 Å². The van der Waals surface area contributed by atoms with Crippen LogP contribution in [-0.2, 0) is 14.8 Å². The van der Waals surface area contributed by atoms with Gasteiger partial charge in [-0.2, -0.15) is 0 Å². The third kappa shape index (κ3) is 3.93. The summed E-state index contributed by atoms with van der Waals surface area (Å²) < 4.78 is 25.4. The van der Waals surface area contributed by atoms with E-state index in [2.05, 4.69) is 10.0 Å². The average Bonchev–Trinajstić information content (AvgIpc) is 2.29. The van der Waals surface area contributed by atoms with Gasteiger partial charge in [-0.3, -0.25) is 14.4 Å². The van der Waals surface area contributed by atoms with E-state index in [1.807, 2.05) is 4.90 Å². The first-order valence-corrected chi connectivity index (χ1v) is 7.95. The van der Waals surface area contributed by atoms with Crippen LogP contribution in [0.5, 0.6) is 0 Å². The monoisotopic (exact) mass is 277 g/mol. The van der Waals surface area contributed by atoms with Crippen molar-refractivity contribution >= 4 is 15.9 Å². The van der Waals surface area contributed by atoms with Crippen molar-refractivity contribution in [2.75, 3.05) is 31.9 Å². The quantitative estimate of drug-likeness (QED) is 0.710. The van der Waals surface area contributed by atoms with Crippen molar-refractivity contribution in [2.24, 2.45) is 0 Å². The van der Waals surface area contributed by atoms with Crippen LogP contribution in [0, 0.1) is 0 Å². The summed E-state index contributed by atoms with van der Waals surface area (Å²) in [6.07, 6.45) is 0.497. The van der Waals surface area contributed by atoms with E-state index in [0.717, 1.165) is 26.2 Å². The molecule has 0 aliphatic carbocycles. The van der Waals surface area contributed by atoms with Gasteiger partial charge in [-0.05, 0) is 20.3 Å². The first-order valence-electron chi connectivity index (χ1n) is 6.30. The summed E-state index contributed by atoms with van der Waals surface area (Å²) in [6.45, 7) is 8.41. The van der Waals surface area contributed by atoms with E-state index in [-0.39, 0.29) is 5.75 Å². The predicted molar refractivity (Wildman–Crippen MR) is 70.7 cm³/mol. The lowest BCUT2D eigenvalue weighted by atomic mass is 10.0. The second kappa shape index (κ2) is 5.99. The molecule has 0 atom stereocenters. The molecule has 1 saturated heterocycles. The van der Waals surface area contributed by atoms with Crippen molar-refractivity contribution in [1.29, 1.82) is 0 Å². The fourth-order valence-corrected chi connectivity index (χ4v) is 3.13. The summed E-state index contributed by atoms with van der Waals surface area (Å²) in [5, 5.41) is 3.20. The highest BCUT2D eigenvalue weighted by molar-refractivity contribution is 7.90. The van der Waals surface area contributed by atoms with Crippen LogP contribution in [0.3, 0.4) is 0 Å². The highest BCUT2D eigenvalue weighted by Gasteiger charge is 2.36. The molecule has 0 aromatic carbocycles. The predicted octanol–water partition coefficient (Wildman–Crippen LogP) is -0.474. The zero-order chi connectivity index (χ0) is 13.8. The molecule has 1 fully saturated rings. The molecule has 7 heteroatoms. The first-order chi connectivity index (χ1) is 8.29. The first kappa shape index (κ1) is 15.4. The van der Waals surface area contributed by atoms with E-state index in [0.29, 0.717) is 6.42 Å². The summed E-state index contributed by atoms with van der Waals surface area (Å²) in [4.78, 5) is 14.1. The number of nitrogens with zero attached hydrogens (tertiary/aromatic N) is 1. The highest BCUT2D eigenvalue weighted by Crippen LogP contribution is 2.15. The molecule has 1 heterocycles. The Labute approximate surface area is 109 Å². The molecule has 1 rings (SSSR count). The van der Waals surface area contributed by atoms with Crippen molar-refractivity contribution in [1.82, 2.24) is 14.9 Å². The van der Waals surface area contributed by atoms with Crippen molar-refractivity contribution in [2.45, 2.75) is 32.7 Å². The summed E-state index contributed by atoms with van der Waals surface area (Å²) in [6, 6.07) is 0. The van der Waals surface area contributed by atoms with Crippen LogP contribution in [0.15, 0.2) is 0 Å². The zero-order valence-corrected chi connectivity index (χ0v) is 12.1. The molecule has 1 aliphatic rings. The van der Waals surface area contributed by atoms with Gasteiger partial charge in [0.2, 0.25) is 10.0 Å². The van der Waals surface area contributed by atoms with Crippen LogP contribution in [0.1, 0.15) is 27.2 Å². The summed E-state index contributed by atoms with van der Waals surface area (Å²) >= 11 is 0. The molecule has 18 heavy (non-hydrogen) atoms. The molecule has 0 radical (unpaired) electrons. The van der Waals surface area contributed by atoms with Gasteiger partial charge in [-0.15, -0.1) is 0 Å². The largest absolute Gasteiger partial charge is 0.314 e. The number of hydrogen-bond acceptors (Lipinski definition) is 5. The standard InChI is InChI=1S/C11H23N3O3S/c1-4-9-18(16,17)13-10(15)11(2,3)14-7-5-12-6-8-14/h12H,4-9H2,1-3H3,(H,13,15). The van der Waals surface area contributed by atoms with E-state index in [1.54, 1.807) is 20.8 Å². The molecular formula is C11H23N3O3S. The summed E-state index contributed by atoms with van der Waals surface area (Å²) in [7, 11) is -3.49. The van der Waals surface area contributed by atoms with Crippen LogP contribution in [0.25, 0.3) is 0 Å². The van der Waals surface area contributed by atoms with Crippen molar-refractivity contribution in [3.8, 4) is 0 Å². The van der Waals surface area contributed by atoms with Gasteiger partial charge in [-0.1, -0.05) is 6.92 Å². The fourth-order valence-electron chi connectivity index (χ4n) is 1.95. The van der Waals surface area contributed by atoms with E-state index >= 15 is 0 Å². The van der Waals surface area contributed by atoms with Crippen molar-refractivity contribution < 1.29 is 13.2 Å². The van der Waals surface area contributed by atoms with Gasteiger partial charge in [0.25, 0.3) is 5.91 Å². The van der Waals surface area contributed by atoms with Crippen molar-refractivity contribution in [3.05, 3.63) is 0 Å². The van der Waals surface area contributed by atoms with Gasteiger partial charge in [0.05, 0.1) is 11.3 Å². The number of sulfonamides is 1. The van der Waals surface area contributed by atoms with Crippen LogP contribution in [0.4, 0.5) is 0 Å². The molecular weight excluding hydrogens is 254 g/mol. The number of amides is 1. The molecule has 106 valence electrons. The maximum absolute atomic E-state index is 12.1. The molecule has 1 aliphatic heterocycles. The van der Waals surface area contributed by atoms with Crippen LogP contribution >= 0.6 is 0 Å². The van der Waals surface area contributed by atoms with Crippen LogP contribution in [-0.4, -0.2) is 56.7 Å². The van der Waals surface area contributed by atoms with E-state index in [9.17, 15) is 13.2 Å². The number of hydrogen-bond donors (Lipinski definition) is 2. The minimum atomic E-state index is -3.49. The number of carbonyl (C=O) groups is 1. The van der Waals surface area contributed by atoms with Gasteiger partial charge < -0.3 is 5.32 Å². The second-order valence-corrected chi connectivity index (χ2v) is 6.89. The zero-order valence-electron chi connectivity index (χ0n) is 11.3. The minimum absolute atomic E-state index is 0.0175. The number of piperazine rings is 1. The molecule has 0 bridgehead atoms. The molecule has 0 aromatic rings. The maximum atomic E-state index is 12.1. The Morgan fingerprint density at radius 1 is 1.33 bits per heavy atom. The Morgan fingerprint density at radius 2 is 1.89 bits per heavy atom. The third-order valence-corrected chi connectivity index (χ3v) is 4.63. The van der Waals surface area contributed by atoms with Gasteiger partial charge in [0.1, 0.15) is 0 Å². The summed E-state index contributed by atoms with van der Waals surface area (Å²) in [5.41, 5.74) is -0.803. The minimum Gasteiger partial charge on any atom is -0.314 e. The average molecular weight is 277 g/mol. The number of rotatable bonds is 5. The normalized spacial score (nSPS) is 18.6. The van der Waals surface area contributed by atoms with E-state index in [1.165, 1.54) is 0 Å². The number of nitrogens with one attached hydrogen (secondary N) is 2. The second-order valence-electron chi connectivity index (χ2n) is 5.05. The van der Waals surface area contributed by atoms with Crippen molar-refractivity contribution in [3.63, 3.8) is 0 Å². The highest BCUT2D eigenvalue weighted by atomic mass is 32.2. The topological polar surface area (TPSA) is 78.5 Å². The molecule has 0 saturated carbocycles. The van der Waals surface area contributed by atoms with Gasteiger partial charge in [-0.25, -0.2) is 8.42 Å². The Morgan fingerprint density at radius 3 is 2.39 bits per heavy atom. The lowest BCUT2D eigenvalue weighted by molar-refractivity contribution is -0.130. The molecule has 0 spiro atoms. The van der Waals surface area contributed by atoms with E-state index in [4.69, 9.17) is 0 Å². The van der Waals surface area contributed by atoms with E-state index < -0.39 is 21.5 Å². The third-order valence-electron chi connectivity index (χ3n) is 3.18. The fraction of sp³-hybridized carbons (Fsp3) is 0.909. The lowest BCUT2D eigenvalue weighted by Crippen LogP contribution is -2.60. The Hall–Kier alpha value is -0.660. The van der Waals surface area contributed by atoms with Gasteiger partial charge >= 0.3 is 0 Å². The Kier molecular flexibility index (Phi) is 5.12. The molecule has 2 N–H and O–H groups in total. The van der Waals surface area contributed by atoms with Gasteiger partial charge in [0.15, 0.2) is 0 Å². The molecule has 1 amide bonds. The smallest absolute Gasteiger partial charge is 0.253 e. The Balaban J connectivity index is 2.69. The van der Waals surface area contributed by atoms with Crippen LogP contribution < -0.4 is 10.0 Å². The molecule has 0 unspecified atom stereocenters. The SMILES string of the molecule is CCCS(=O)(=O)NC(=O)C(C)(C)N1CCNCC1. The number of carbonyl (C=O) groups excluding carboxylic acids is 1. The van der Waals surface area contributed by atoms with Gasteiger partial charge in [0, 0.05) is 26.2 Å². The molecule has 0 aromatic heterocycles. The maximum Gasteiger partial charge on any atom is 0.253 e. The molecule has 6 nitrogen and oxygen atoms in total. The summed E-state index contributed by atoms with van der Waals surface area (Å²) in [5.74, 6) is -0.464. The Bertz CT molecular complexity index is 386.